The number of benzene rings is 1. The normalized spacial score (nSPS) is 27.3. The summed E-state index contributed by atoms with van der Waals surface area (Å²) in [5, 5.41) is 3.62. The van der Waals surface area contributed by atoms with Crippen molar-refractivity contribution < 1.29 is 4.39 Å². The molecular formula is C21H31FN4. The minimum Gasteiger partial charge on any atom is -0.356 e. The fraction of sp³-hybridized carbons (Fsp3) is 0.667. The van der Waals surface area contributed by atoms with E-state index < -0.39 is 0 Å². The zero-order chi connectivity index (χ0) is 17.9. The third-order valence-electron chi connectivity index (χ3n) is 6.16. The third-order valence-corrected chi connectivity index (χ3v) is 6.16. The van der Waals surface area contributed by atoms with Crippen LogP contribution in [0.25, 0.3) is 0 Å². The molecule has 0 bridgehead atoms. The van der Waals surface area contributed by atoms with Crippen LogP contribution < -0.4 is 5.32 Å². The Balaban J connectivity index is 1.23. The summed E-state index contributed by atoms with van der Waals surface area (Å²) in [6.45, 7) is 5.66. The van der Waals surface area contributed by atoms with E-state index in [0.29, 0.717) is 5.92 Å². The summed E-state index contributed by atoms with van der Waals surface area (Å²) < 4.78 is 13.1. The van der Waals surface area contributed by atoms with Gasteiger partial charge >= 0.3 is 0 Å². The van der Waals surface area contributed by atoms with Crippen LogP contribution in [0.3, 0.4) is 0 Å². The predicted molar refractivity (Wildman–Crippen MR) is 104 cm³/mol. The highest BCUT2D eigenvalue weighted by Gasteiger charge is 2.34. The largest absolute Gasteiger partial charge is 0.356 e. The summed E-state index contributed by atoms with van der Waals surface area (Å²) in [5.74, 6) is 2.27. The quantitative estimate of drug-likeness (QED) is 0.649. The molecule has 2 aliphatic heterocycles. The Hall–Kier alpha value is -1.62. The highest BCUT2D eigenvalue weighted by molar-refractivity contribution is 5.80. The molecule has 2 unspecified atom stereocenters. The topological polar surface area (TPSA) is 30.9 Å². The average Bonchev–Trinajstić information content (AvgIpc) is 3.22. The number of aliphatic imine (C=N–C) groups is 1. The van der Waals surface area contributed by atoms with E-state index >= 15 is 0 Å². The minimum atomic E-state index is -0.154. The lowest BCUT2D eigenvalue weighted by atomic mass is 9.99. The molecule has 4 nitrogen and oxygen atoms in total. The molecule has 2 saturated heterocycles. The van der Waals surface area contributed by atoms with Crippen molar-refractivity contribution in [3.05, 3.63) is 35.6 Å². The summed E-state index contributed by atoms with van der Waals surface area (Å²) in [6, 6.07) is 7.85. The molecule has 4 rings (SSSR count). The summed E-state index contributed by atoms with van der Waals surface area (Å²) in [7, 11) is 1.89. The van der Waals surface area contributed by atoms with Crippen molar-refractivity contribution >= 4 is 5.96 Å². The summed E-state index contributed by atoms with van der Waals surface area (Å²) >= 11 is 0. The summed E-state index contributed by atoms with van der Waals surface area (Å²) in [4.78, 5) is 9.58. The molecule has 26 heavy (non-hydrogen) atoms. The monoisotopic (exact) mass is 358 g/mol. The average molecular weight is 359 g/mol. The van der Waals surface area contributed by atoms with Gasteiger partial charge in [-0.3, -0.25) is 4.99 Å². The van der Waals surface area contributed by atoms with Crippen molar-refractivity contribution in [3.8, 4) is 0 Å². The van der Waals surface area contributed by atoms with Gasteiger partial charge in [-0.1, -0.05) is 12.1 Å². The molecule has 1 saturated carbocycles. The minimum absolute atomic E-state index is 0.154. The van der Waals surface area contributed by atoms with Crippen LogP contribution in [-0.4, -0.2) is 61.6 Å². The molecule has 0 amide bonds. The predicted octanol–water partition coefficient (Wildman–Crippen LogP) is 2.75. The zero-order valence-corrected chi connectivity index (χ0v) is 15.8. The van der Waals surface area contributed by atoms with Gasteiger partial charge in [-0.25, -0.2) is 4.39 Å². The first kappa shape index (κ1) is 17.8. The SMILES string of the molecule is CN=C(NCC1CCN(C2CC2)C1)N1CCC(Cc2ccc(F)cc2)C1. The number of halogens is 1. The van der Waals surface area contributed by atoms with Crippen LogP contribution in [0.4, 0.5) is 4.39 Å². The summed E-state index contributed by atoms with van der Waals surface area (Å²) in [5.41, 5.74) is 1.23. The van der Waals surface area contributed by atoms with E-state index in [-0.39, 0.29) is 5.82 Å². The molecular weight excluding hydrogens is 327 g/mol. The second-order valence-corrected chi connectivity index (χ2v) is 8.24. The highest BCUT2D eigenvalue weighted by atomic mass is 19.1. The Morgan fingerprint density at radius 3 is 2.58 bits per heavy atom. The molecule has 2 atom stereocenters. The van der Waals surface area contributed by atoms with Crippen molar-refractivity contribution in [1.82, 2.24) is 15.1 Å². The van der Waals surface area contributed by atoms with E-state index in [1.165, 1.54) is 44.3 Å². The second-order valence-electron chi connectivity index (χ2n) is 8.24. The summed E-state index contributed by atoms with van der Waals surface area (Å²) in [6.07, 6.45) is 6.33. The molecule has 0 spiro atoms. The molecule has 1 aromatic rings. The Labute approximate surface area is 156 Å². The molecule has 0 radical (unpaired) electrons. The first-order valence-corrected chi connectivity index (χ1v) is 10.2. The Morgan fingerprint density at radius 2 is 1.85 bits per heavy atom. The van der Waals surface area contributed by atoms with E-state index in [2.05, 4.69) is 20.1 Å². The second kappa shape index (κ2) is 7.95. The van der Waals surface area contributed by atoms with Crippen molar-refractivity contribution in [2.45, 2.75) is 38.1 Å². The van der Waals surface area contributed by atoms with Crippen LogP contribution in [0.1, 0.15) is 31.2 Å². The fourth-order valence-corrected chi connectivity index (χ4v) is 4.51. The van der Waals surface area contributed by atoms with Gasteiger partial charge in [0.05, 0.1) is 0 Å². The number of nitrogens with one attached hydrogen (secondary N) is 1. The number of likely N-dealkylation sites (tertiary alicyclic amines) is 2. The molecule has 0 aromatic heterocycles. The first-order chi connectivity index (χ1) is 12.7. The molecule has 5 heteroatoms. The number of guanidine groups is 1. The van der Waals surface area contributed by atoms with Gasteiger partial charge in [0, 0.05) is 39.3 Å². The van der Waals surface area contributed by atoms with Crippen LogP contribution >= 0.6 is 0 Å². The molecule has 3 aliphatic rings. The van der Waals surface area contributed by atoms with Crippen molar-refractivity contribution in [2.75, 3.05) is 39.8 Å². The van der Waals surface area contributed by atoms with Crippen LogP contribution in [-0.2, 0) is 6.42 Å². The van der Waals surface area contributed by atoms with Gasteiger partial charge in [0.25, 0.3) is 0 Å². The Morgan fingerprint density at radius 1 is 1.08 bits per heavy atom. The van der Waals surface area contributed by atoms with E-state index in [0.717, 1.165) is 44.0 Å². The smallest absolute Gasteiger partial charge is 0.193 e. The molecule has 1 aromatic carbocycles. The maximum absolute atomic E-state index is 13.1. The first-order valence-electron chi connectivity index (χ1n) is 10.2. The van der Waals surface area contributed by atoms with E-state index in [4.69, 9.17) is 0 Å². The highest BCUT2D eigenvalue weighted by Crippen LogP contribution is 2.31. The van der Waals surface area contributed by atoms with E-state index in [1.54, 1.807) is 12.1 Å². The van der Waals surface area contributed by atoms with Crippen LogP contribution in [0.2, 0.25) is 0 Å². The number of nitrogens with zero attached hydrogens (tertiary/aromatic N) is 3. The standard InChI is InChI=1S/C21H31FN4/c1-23-21(24-13-18-9-10-25(15-18)20-6-7-20)26-11-8-17(14-26)12-16-2-4-19(22)5-3-16/h2-5,17-18,20H,6-15H2,1H3,(H,23,24). The van der Waals surface area contributed by atoms with Crippen molar-refractivity contribution in [2.24, 2.45) is 16.8 Å². The molecule has 142 valence electrons. The lowest BCUT2D eigenvalue weighted by molar-refractivity contribution is 0.313. The van der Waals surface area contributed by atoms with Gasteiger partial charge in [-0.2, -0.15) is 0 Å². The van der Waals surface area contributed by atoms with Gasteiger partial charge in [-0.15, -0.1) is 0 Å². The van der Waals surface area contributed by atoms with Gasteiger partial charge in [0.1, 0.15) is 5.82 Å². The third kappa shape index (κ3) is 4.37. The van der Waals surface area contributed by atoms with Gasteiger partial charge in [0.2, 0.25) is 0 Å². The van der Waals surface area contributed by atoms with Gasteiger partial charge < -0.3 is 15.1 Å². The molecule has 2 heterocycles. The van der Waals surface area contributed by atoms with Crippen molar-refractivity contribution in [3.63, 3.8) is 0 Å². The molecule has 3 fully saturated rings. The maximum atomic E-state index is 13.1. The van der Waals surface area contributed by atoms with Crippen LogP contribution in [0.15, 0.2) is 29.3 Å². The van der Waals surface area contributed by atoms with Gasteiger partial charge in [-0.05, 0) is 68.2 Å². The lowest BCUT2D eigenvalue weighted by Gasteiger charge is -2.23. The lowest BCUT2D eigenvalue weighted by Crippen LogP contribution is -2.42. The number of hydrogen-bond acceptors (Lipinski definition) is 2. The van der Waals surface area contributed by atoms with Crippen LogP contribution in [0, 0.1) is 17.7 Å². The number of hydrogen-bond donors (Lipinski definition) is 1. The maximum Gasteiger partial charge on any atom is 0.193 e. The molecule has 1 aliphatic carbocycles. The Kier molecular flexibility index (Phi) is 5.44. The van der Waals surface area contributed by atoms with Crippen molar-refractivity contribution in [1.29, 1.82) is 0 Å². The van der Waals surface area contributed by atoms with Gasteiger partial charge in [0.15, 0.2) is 5.96 Å². The van der Waals surface area contributed by atoms with E-state index in [9.17, 15) is 4.39 Å². The molecule has 1 N–H and O–H groups in total. The van der Waals surface area contributed by atoms with E-state index in [1.807, 2.05) is 19.2 Å². The Bertz CT molecular complexity index is 625. The zero-order valence-electron chi connectivity index (χ0n) is 15.8. The fourth-order valence-electron chi connectivity index (χ4n) is 4.51. The van der Waals surface area contributed by atoms with Crippen LogP contribution in [0.5, 0.6) is 0 Å². The number of rotatable bonds is 5.